The zero-order chi connectivity index (χ0) is 14.0. The predicted octanol–water partition coefficient (Wildman–Crippen LogP) is 4.48. The lowest BCUT2D eigenvalue weighted by Crippen LogP contribution is -2.06. The summed E-state index contributed by atoms with van der Waals surface area (Å²) in [4.78, 5) is 12.3. The summed E-state index contributed by atoms with van der Waals surface area (Å²) in [6, 6.07) is 8.88. The summed E-state index contributed by atoms with van der Waals surface area (Å²) >= 11 is 8.95. The lowest BCUT2D eigenvalue weighted by atomic mass is 10.0. The number of halogens is 3. The molecule has 98 valence electrons. The molecule has 0 atom stereocenters. The highest BCUT2D eigenvalue weighted by Crippen LogP contribution is 2.27. The third-order valence-corrected chi connectivity index (χ3v) is 3.31. The molecule has 0 aliphatic heterocycles. The summed E-state index contributed by atoms with van der Waals surface area (Å²) in [5.41, 5.74) is 0.261. The van der Waals surface area contributed by atoms with Crippen molar-refractivity contribution in [2.45, 2.75) is 0 Å². The summed E-state index contributed by atoms with van der Waals surface area (Å²) in [5.74, 6) is -0.713. The molecule has 0 spiro atoms. The topological polar surface area (TPSA) is 26.3 Å². The molecular weight excluding hydrogens is 335 g/mol. The van der Waals surface area contributed by atoms with Crippen LogP contribution >= 0.6 is 27.5 Å². The molecule has 2 rings (SSSR count). The van der Waals surface area contributed by atoms with E-state index < -0.39 is 11.6 Å². The van der Waals surface area contributed by atoms with Gasteiger partial charge in [0, 0.05) is 9.50 Å². The van der Waals surface area contributed by atoms with Crippen LogP contribution in [-0.4, -0.2) is 12.9 Å². The molecule has 0 heterocycles. The maximum atomic E-state index is 13.7. The lowest BCUT2D eigenvalue weighted by molar-refractivity contribution is 0.103. The molecule has 0 amide bonds. The van der Waals surface area contributed by atoms with E-state index in [4.69, 9.17) is 16.3 Å². The van der Waals surface area contributed by atoms with Gasteiger partial charge in [0.05, 0.1) is 18.2 Å². The van der Waals surface area contributed by atoms with Crippen molar-refractivity contribution in [3.05, 3.63) is 62.8 Å². The van der Waals surface area contributed by atoms with Gasteiger partial charge in [-0.1, -0.05) is 27.5 Å². The molecule has 2 nitrogen and oxygen atoms in total. The molecule has 0 aromatic heterocycles. The maximum Gasteiger partial charge on any atom is 0.199 e. The van der Waals surface area contributed by atoms with Gasteiger partial charge in [0.25, 0.3) is 0 Å². The average Bonchev–Trinajstić information content (AvgIpc) is 2.37. The van der Waals surface area contributed by atoms with Gasteiger partial charge >= 0.3 is 0 Å². The van der Waals surface area contributed by atoms with Crippen LogP contribution in [0.2, 0.25) is 5.02 Å². The van der Waals surface area contributed by atoms with Crippen LogP contribution in [0.4, 0.5) is 4.39 Å². The first-order valence-electron chi connectivity index (χ1n) is 5.36. The second-order valence-electron chi connectivity index (χ2n) is 3.80. The fourth-order valence-electron chi connectivity index (χ4n) is 1.67. The second kappa shape index (κ2) is 5.72. The van der Waals surface area contributed by atoms with Gasteiger partial charge in [-0.25, -0.2) is 4.39 Å². The van der Waals surface area contributed by atoms with Gasteiger partial charge in [0.2, 0.25) is 0 Å². The van der Waals surface area contributed by atoms with Crippen LogP contribution in [0, 0.1) is 5.82 Å². The number of ketones is 1. The lowest BCUT2D eigenvalue weighted by Gasteiger charge is -2.09. The highest BCUT2D eigenvalue weighted by molar-refractivity contribution is 9.10. The van der Waals surface area contributed by atoms with Crippen molar-refractivity contribution in [1.29, 1.82) is 0 Å². The van der Waals surface area contributed by atoms with Gasteiger partial charge in [-0.3, -0.25) is 4.79 Å². The normalized spacial score (nSPS) is 10.3. The number of methoxy groups -OCH3 is 1. The van der Waals surface area contributed by atoms with Crippen LogP contribution in [0.25, 0.3) is 0 Å². The smallest absolute Gasteiger partial charge is 0.199 e. The summed E-state index contributed by atoms with van der Waals surface area (Å²) in [7, 11) is 1.46. The van der Waals surface area contributed by atoms with Gasteiger partial charge in [0.1, 0.15) is 11.6 Å². The molecular formula is C14H9BrClFO2. The van der Waals surface area contributed by atoms with Crippen molar-refractivity contribution < 1.29 is 13.9 Å². The number of hydrogen-bond donors (Lipinski definition) is 0. The SMILES string of the molecule is COc1cc(Br)ccc1C(=O)c1ccc(Cl)cc1F. The molecule has 0 unspecified atom stereocenters. The van der Waals surface area contributed by atoms with E-state index in [1.165, 1.54) is 19.2 Å². The number of carbonyl (C=O) groups is 1. The van der Waals surface area contributed by atoms with E-state index in [2.05, 4.69) is 15.9 Å². The molecule has 2 aromatic rings. The second-order valence-corrected chi connectivity index (χ2v) is 5.15. The van der Waals surface area contributed by atoms with Crippen molar-refractivity contribution >= 4 is 33.3 Å². The number of hydrogen-bond acceptors (Lipinski definition) is 2. The Kier molecular flexibility index (Phi) is 4.22. The van der Waals surface area contributed by atoms with E-state index in [1.807, 2.05) is 0 Å². The highest BCUT2D eigenvalue weighted by Gasteiger charge is 2.18. The van der Waals surface area contributed by atoms with Crippen LogP contribution in [0.5, 0.6) is 5.75 Å². The van der Waals surface area contributed by atoms with Gasteiger partial charge in [-0.05, 0) is 36.4 Å². The van der Waals surface area contributed by atoms with Gasteiger partial charge in [-0.15, -0.1) is 0 Å². The van der Waals surface area contributed by atoms with E-state index in [9.17, 15) is 9.18 Å². The van der Waals surface area contributed by atoms with Crippen LogP contribution in [0.3, 0.4) is 0 Å². The van der Waals surface area contributed by atoms with Crippen LogP contribution in [0.15, 0.2) is 40.9 Å². The fourth-order valence-corrected chi connectivity index (χ4v) is 2.17. The Bertz CT molecular complexity index is 643. The largest absolute Gasteiger partial charge is 0.496 e. The molecule has 19 heavy (non-hydrogen) atoms. The Labute approximate surface area is 123 Å². The van der Waals surface area contributed by atoms with E-state index in [0.717, 1.165) is 10.5 Å². The number of ether oxygens (including phenoxy) is 1. The summed E-state index contributed by atoms with van der Waals surface area (Å²) in [6.45, 7) is 0. The predicted molar refractivity (Wildman–Crippen MR) is 75.5 cm³/mol. The molecule has 0 saturated carbocycles. The third kappa shape index (κ3) is 2.96. The Morgan fingerprint density at radius 1 is 1.21 bits per heavy atom. The molecule has 5 heteroatoms. The molecule has 0 saturated heterocycles. The Balaban J connectivity index is 2.50. The standard InChI is InChI=1S/C14H9BrClFO2/c1-19-13-6-8(15)2-4-11(13)14(18)10-5-3-9(16)7-12(10)17/h2-7H,1H3. The molecule has 2 aromatic carbocycles. The Morgan fingerprint density at radius 3 is 2.53 bits per heavy atom. The molecule has 0 aliphatic rings. The molecule has 0 fully saturated rings. The van der Waals surface area contributed by atoms with Crippen LogP contribution in [-0.2, 0) is 0 Å². The van der Waals surface area contributed by atoms with E-state index >= 15 is 0 Å². The fraction of sp³-hybridized carbons (Fsp3) is 0.0714. The van der Waals surface area contributed by atoms with Crippen LogP contribution in [0.1, 0.15) is 15.9 Å². The monoisotopic (exact) mass is 342 g/mol. The van der Waals surface area contributed by atoms with Gasteiger partial charge in [-0.2, -0.15) is 0 Å². The first-order valence-corrected chi connectivity index (χ1v) is 6.53. The van der Waals surface area contributed by atoms with E-state index in [-0.39, 0.29) is 10.6 Å². The van der Waals surface area contributed by atoms with Gasteiger partial charge < -0.3 is 4.74 Å². The number of carbonyl (C=O) groups excluding carboxylic acids is 1. The highest BCUT2D eigenvalue weighted by atomic mass is 79.9. The first kappa shape index (κ1) is 14.0. The van der Waals surface area contributed by atoms with Crippen LogP contribution < -0.4 is 4.74 Å². The maximum absolute atomic E-state index is 13.7. The van der Waals surface area contributed by atoms with Crippen molar-refractivity contribution in [3.63, 3.8) is 0 Å². The minimum atomic E-state index is -0.650. The number of rotatable bonds is 3. The molecule has 0 radical (unpaired) electrons. The zero-order valence-electron chi connectivity index (χ0n) is 9.91. The average molecular weight is 344 g/mol. The summed E-state index contributed by atoms with van der Waals surface area (Å²) in [6.07, 6.45) is 0. The quantitative estimate of drug-likeness (QED) is 0.768. The first-order chi connectivity index (χ1) is 9.02. The van der Waals surface area contributed by atoms with Crippen molar-refractivity contribution in [3.8, 4) is 5.75 Å². The summed E-state index contributed by atoms with van der Waals surface area (Å²) < 4.78 is 19.7. The minimum absolute atomic E-state index is 0.0370. The van der Waals surface area contributed by atoms with E-state index in [1.54, 1.807) is 18.2 Å². The minimum Gasteiger partial charge on any atom is -0.496 e. The molecule has 0 bridgehead atoms. The Morgan fingerprint density at radius 2 is 1.89 bits per heavy atom. The van der Waals surface area contributed by atoms with Crippen molar-refractivity contribution in [1.82, 2.24) is 0 Å². The number of benzene rings is 2. The van der Waals surface area contributed by atoms with Crippen molar-refractivity contribution in [2.24, 2.45) is 0 Å². The zero-order valence-corrected chi connectivity index (χ0v) is 12.3. The third-order valence-electron chi connectivity index (χ3n) is 2.58. The Hall–Kier alpha value is -1.39. The van der Waals surface area contributed by atoms with Gasteiger partial charge in [0.15, 0.2) is 5.78 Å². The summed E-state index contributed by atoms with van der Waals surface area (Å²) in [5, 5.41) is 0.247. The molecule has 0 aliphatic carbocycles. The molecule has 0 N–H and O–H groups in total. The van der Waals surface area contributed by atoms with E-state index in [0.29, 0.717) is 11.3 Å². The van der Waals surface area contributed by atoms with Crippen molar-refractivity contribution in [2.75, 3.05) is 7.11 Å².